The quantitative estimate of drug-likeness (QED) is 0.159. The average Bonchev–Trinajstić information content (AvgIpc) is 3.27. The van der Waals surface area contributed by atoms with Crippen LogP contribution in [0.4, 0.5) is 4.79 Å². The summed E-state index contributed by atoms with van der Waals surface area (Å²) in [5.41, 5.74) is 4.22. The van der Waals surface area contributed by atoms with Gasteiger partial charge in [-0.15, -0.1) is 0 Å². The van der Waals surface area contributed by atoms with Crippen molar-refractivity contribution in [1.29, 1.82) is 0 Å². The first-order valence-electron chi connectivity index (χ1n) is 14.1. The molecule has 11 nitrogen and oxygen atoms in total. The van der Waals surface area contributed by atoms with E-state index in [0.29, 0.717) is 51.5 Å². The van der Waals surface area contributed by atoms with Gasteiger partial charge in [0.1, 0.15) is 11.6 Å². The molecule has 0 bridgehead atoms. The number of nitrogens with two attached hydrogens (primary N) is 1. The number of aliphatic carboxylic acids is 1. The summed E-state index contributed by atoms with van der Waals surface area (Å²) in [6.45, 7) is 7.47. The zero-order valence-corrected chi connectivity index (χ0v) is 24.2. The minimum absolute atomic E-state index is 0.138. The topological polar surface area (TPSA) is 169 Å². The molecule has 40 heavy (non-hydrogen) atoms. The van der Waals surface area contributed by atoms with E-state index in [-0.39, 0.29) is 13.0 Å². The zero-order chi connectivity index (χ0) is 29.8. The Kier molecular flexibility index (Phi) is 12.9. The molecule has 2 amide bonds. The highest BCUT2D eigenvalue weighted by atomic mass is 16.6. The monoisotopic (exact) mass is 562 g/mol. The number of carbonyl (C=O) groups excluding carboxylic acids is 3. The SMILES string of the molecule is CCOC(=O)C(CCc1ccccc1)NC(CCCCN)C(=O)NC1(C(=O)O)CCCC1NC(=O)OC(C)(C)C. The van der Waals surface area contributed by atoms with E-state index in [1.54, 1.807) is 27.7 Å². The van der Waals surface area contributed by atoms with Crippen LogP contribution in [0.5, 0.6) is 0 Å². The number of rotatable bonds is 15. The highest BCUT2D eigenvalue weighted by Gasteiger charge is 2.52. The smallest absolute Gasteiger partial charge is 0.407 e. The van der Waals surface area contributed by atoms with E-state index in [1.165, 1.54) is 0 Å². The lowest BCUT2D eigenvalue weighted by atomic mass is 9.91. The molecule has 11 heteroatoms. The molecule has 6 N–H and O–H groups in total. The van der Waals surface area contributed by atoms with Crippen LogP contribution in [0.15, 0.2) is 30.3 Å². The van der Waals surface area contributed by atoms with Crippen molar-refractivity contribution in [2.24, 2.45) is 5.73 Å². The molecule has 1 aromatic rings. The van der Waals surface area contributed by atoms with E-state index in [1.807, 2.05) is 30.3 Å². The second-order valence-corrected chi connectivity index (χ2v) is 11.2. The van der Waals surface area contributed by atoms with Crippen molar-refractivity contribution >= 4 is 23.9 Å². The fourth-order valence-corrected chi connectivity index (χ4v) is 4.91. The number of carboxylic acid groups (broad SMARTS) is 1. The Labute approximate surface area is 236 Å². The molecule has 4 atom stereocenters. The summed E-state index contributed by atoms with van der Waals surface area (Å²) in [7, 11) is 0. The molecule has 1 aromatic carbocycles. The van der Waals surface area contributed by atoms with E-state index >= 15 is 0 Å². The van der Waals surface area contributed by atoms with Crippen LogP contribution in [0.25, 0.3) is 0 Å². The van der Waals surface area contributed by atoms with Crippen molar-refractivity contribution < 1.29 is 33.8 Å². The molecule has 0 aromatic heterocycles. The predicted molar refractivity (Wildman–Crippen MR) is 151 cm³/mol. The third-order valence-electron chi connectivity index (χ3n) is 6.88. The fourth-order valence-electron chi connectivity index (χ4n) is 4.91. The van der Waals surface area contributed by atoms with Crippen LogP contribution in [-0.2, 0) is 30.3 Å². The van der Waals surface area contributed by atoms with Gasteiger partial charge in [0.05, 0.1) is 18.7 Å². The van der Waals surface area contributed by atoms with Gasteiger partial charge in [0.25, 0.3) is 0 Å². The number of hydrogen-bond acceptors (Lipinski definition) is 8. The standard InChI is InChI=1S/C29H46N4O7/c1-5-39-25(35)22(17-16-20-12-7-6-8-13-20)31-21(14-9-10-19-30)24(34)33-29(26(36)37)18-11-15-23(29)32-27(38)40-28(2,3)4/h6-8,12-13,21-23,31H,5,9-11,14-19,30H2,1-4H3,(H,32,38)(H,33,34)(H,36,37). The summed E-state index contributed by atoms with van der Waals surface area (Å²) in [6.07, 6.45) is 2.79. The molecule has 0 aliphatic heterocycles. The lowest BCUT2D eigenvalue weighted by Gasteiger charge is -2.35. The minimum Gasteiger partial charge on any atom is -0.479 e. The van der Waals surface area contributed by atoms with Gasteiger partial charge >= 0.3 is 18.0 Å². The number of hydrogen-bond donors (Lipinski definition) is 5. The summed E-state index contributed by atoms with van der Waals surface area (Å²) >= 11 is 0. The van der Waals surface area contributed by atoms with Crippen molar-refractivity contribution in [3.63, 3.8) is 0 Å². The van der Waals surface area contributed by atoms with Crippen LogP contribution in [-0.4, -0.2) is 71.5 Å². The third kappa shape index (κ3) is 10.1. The van der Waals surface area contributed by atoms with Crippen molar-refractivity contribution in [1.82, 2.24) is 16.0 Å². The Bertz CT molecular complexity index is 982. The van der Waals surface area contributed by atoms with Crippen LogP contribution in [0.2, 0.25) is 0 Å². The van der Waals surface area contributed by atoms with Gasteiger partial charge in [0.2, 0.25) is 5.91 Å². The number of esters is 1. The number of unbranched alkanes of at least 4 members (excludes halogenated alkanes) is 1. The van der Waals surface area contributed by atoms with Crippen molar-refractivity contribution in [2.45, 2.75) is 108 Å². The van der Waals surface area contributed by atoms with Gasteiger partial charge in [-0.05, 0) is 84.7 Å². The summed E-state index contributed by atoms with van der Waals surface area (Å²) < 4.78 is 10.6. The van der Waals surface area contributed by atoms with E-state index in [4.69, 9.17) is 15.2 Å². The molecule has 0 radical (unpaired) electrons. The second-order valence-electron chi connectivity index (χ2n) is 11.2. The van der Waals surface area contributed by atoms with E-state index in [0.717, 1.165) is 5.56 Å². The van der Waals surface area contributed by atoms with Gasteiger partial charge in [-0.3, -0.25) is 14.9 Å². The van der Waals surface area contributed by atoms with Crippen LogP contribution in [0.1, 0.15) is 78.2 Å². The Morgan fingerprint density at radius 2 is 1.80 bits per heavy atom. The number of alkyl carbamates (subject to hydrolysis) is 1. The third-order valence-corrected chi connectivity index (χ3v) is 6.88. The average molecular weight is 563 g/mol. The maximum Gasteiger partial charge on any atom is 0.407 e. The Morgan fingerprint density at radius 3 is 2.40 bits per heavy atom. The van der Waals surface area contributed by atoms with Crippen LogP contribution in [0.3, 0.4) is 0 Å². The molecule has 1 fully saturated rings. The van der Waals surface area contributed by atoms with Crippen molar-refractivity contribution in [3.05, 3.63) is 35.9 Å². The van der Waals surface area contributed by atoms with Gasteiger partial charge in [0.15, 0.2) is 5.54 Å². The maximum absolute atomic E-state index is 13.7. The normalized spacial score (nSPS) is 20.3. The summed E-state index contributed by atoms with van der Waals surface area (Å²) in [5, 5.41) is 18.8. The van der Waals surface area contributed by atoms with E-state index in [2.05, 4.69) is 16.0 Å². The largest absolute Gasteiger partial charge is 0.479 e. The van der Waals surface area contributed by atoms with Crippen molar-refractivity contribution in [3.8, 4) is 0 Å². The number of nitrogens with one attached hydrogen (secondary N) is 3. The van der Waals surface area contributed by atoms with Gasteiger partial charge < -0.3 is 30.9 Å². The van der Waals surface area contributed by atoms with Crippen LogP contribution < -0.4 is 21.7 Å². The molecule has 1 aliphatic carbocycles. The van der Waals surface area contributed by atoms with Crippen LogP contribution in [0, 0.1) is 0 Å². The second kappa shape index (κ2) is 15.6. The molecule has 0 spiro atoms. The van der Waals surface area contributed by atoms with E-state index in [9.17, 15) is 24.3 Å². The summed E-state index contributed by atoms with van der Waals surface area (Å²) in [6, 6.07) is 7.13. The first kappa shape index (κ1) is 33.0. The number of carboxylic acids is 1. The highest BCUT2D eigenvalue weighted by Crippen LogP contribution is 2.31. The van der Waals surface area contributed by atoms with E-state index < -0.39 is 53.2 Å². The number of benzene rings is 1. The highest BCUT2D eigenvalue weighted by molar-refractivity contribution is 5.91. The first-order valence-corrected chi connectivity index (χ1v) is 14.1. The molecule has 1 saturated carbocycles. The molecular formula is C29H46N4O7. The molecule has 0 heterocycles. The van der Waals surface area contributed by atoms with Gasteiger partial charge in [-0.1, -0.05) is 36.8 Å². The fraction of sp³-hybridized carbons (Fsp3) is 0.655. The number of aryl methyl sites for hydroxylation is 1. The summed E-state index contributed by atoms with van der Waals surface area (Å²) in [5.74, 6) is -2.29. The van der Waals surface area contributed by atoms with Gasteiger partial charge in [-0.2, -0.15) is 0 Å². The first-order chi connectivity index (χ1) is 18.9. The molecular weight excluding hydrogens is 516 g/mol. The molecule has 4 unspecified atom stereocenters. The number of ether oxygens (including phenoxy) is 2. The lowest BCUT2D eigenvalue weighted by Crippen LogP contribution is -2.66. The summed E-state index contributed by atoms with van der Waals surface area (Å²) in [4.78, 5) is 51.6. The number of amides is 2. The Balaban J connectivity index is 2.25. The molecule has 0 saturated heterocycles. The molecule has 1 aliphatic rings. The van der Waals surface area contributed by atoms with Gasteiger partial charge in [-0.25, -0.2) is 9.59 Å². The minimum atomic E-state index is -1.72. The Morgan fingerprint density at radius 1 is 1.10 bits per heavy atom. The van der Waals surface area contributed by atoms with Crippen LogP contribution >= 0.6 is 0 Å². The van der Waals surface area contributed by atoms with Crippen molar-refractivity contribution in [2.75, 3.05) is 13.2 Å². The molecule has 2 rings (SSSR count). The zero-order valence-electron chi connectivity index (χ0n) is 24.2. The molecule has 224 valence electrons. The predicted octanol–water partition coefficient (Wildman–Crippen LogP) is 2.65. The van der Waals surface area contributed by atoms with Gasteiger partial charge in [0, 0.05) is 0 Å². The maximum atomic E-state index is 13.7. The Hall–Kier alpha value is -3.18. The number of carbonyl (C=O) groups is 4. The lowest BCUT2D eigenvalue weighted by molar-refractivity contribution is -0.150.